The third kappa shape index (κ3) is 4.14. The maximum absolute atomic E-state index is 14.2. The van der Waals surface area contributed by atoms with Gasteiger partial charge in [0.1, 0.15) is 0 Å². The molecule has 1 unspecified atom stereocenters. The van der Waals surface area contributed by atoms with Crippen molar-refractivity contribution in [2.45, 2.75) is 26.3 Å². The molecular formula is C26H23F2N5. The van der Waals surface area contributed by atoms with Crippen molar-refractivity contribution in [1.29, 1.82) is 0 Å². The van der Waals surface area contributed by atoms with Gasteiger partial charge in [-0.15, -0.1) is 0 Å². The molecule has 2 aromatic carbocycles. The monoisotopic (exact) mass is 443 g/mol. The molecule has 0 fully saturated rings. The minimum Gasteiger partial charge on any atom is -0.323 e. The largest absolute Gasteiger partial charge is 0.323 e. The quantitative estimate of drug-likeness (QED) is 0.553. The minimum atomic E-state index is -0.876. The van der Waals surface area contributed by atoms with Crippen LogP contribution in [0.5, 0.6) is 0 Å². The zero-order valence-corrected chi connectivity index (χ0v) is 18.3. The maximum atomic E-state index is 14.2. The van der Waals surface area contributed by atoms with Crippen molar-refractivity contribution in [1.82, 2.24) is 9.97 Å². The summed E-state index contributed by atoms with van der Waals surface area (Å²) in [4.78, 5) is 15.4. The van der Waals surface area contributed by atoms with Gasteiger partial charge in [-0.3, -0.25) is 4.99 Å². The van der Waals surface area contributed by atoms with Crippen LogP contribution in [0, 0.1) is 17.6 Å². The lowest BCUT2D eigenvalue weighted by atomic mass is 9.84. The number of allylic oxidation sites excluding steroid dienone is 2. The van der Waals surface area contributed by atoms with Crippen molar-refractivity contribution in [3.05, 3.63) is 102 Å². The van der Waals surface area contributed by atoms with E-state index in [1.807, 2.05) is 43.0 Å². The lowest BCUT2D eigenvalue weighted by molar-refractivity contribution is 0.508. The number of aliphatic imine (C=N–C) groups is 1. The van der Waals surface area contributed by atoms with Crippen molar-refractivity contribution >= 4 is 23.0 Å². The highest BCUT2D eigenvalue weighted by atomic mass is 19.2. The second kappa shape index (κ2) is 8.58. The third-order valence-corrected chi connectivity index (χ3v) is 5.61. The standard InChI is InChI=1S/C26H23F2N5/c1-16(2)31-23-15-25-18(13-22(23)32-26-29-10-5-11-30-26)12-17-6-3-4-7-24(17)33(25)19-8-9-20(27)21(28)14-19/h3-11,13-16,18H,12H2,1-2H3,(H,29,30,32). The molecule has 1 aromatic heterocycles. The number of hydrogen-bond donors (Lipinski definition) is 1. The summed E-state index contributed by atoms with van der Waals surface area (Å²) in [5, 5.41) is 3.30. The predicted molar refractivity (Wildman–Crippen MR) is 127 cm³/mol. The molecule has 1 atom stereocenters. The van der Waals surface area contributed by atoms with E-state index in [2.05, 4.69) is 27.4 Å². The van der Waals surface area contributed by atoms with Gasteiger partial charge in [0.05, 0.1) is 11.4 Å². The number of aromatic nitrogens is 2. The Morgan fingerprint density at radius 2 is 1.82 bits per heavy atom. The molecular weight excluding hydrogens is 420 g/mol. The first-order valence-electron chi connectivity index (χ1n) is 10.9. The lowest BCUT2D eigenvalue weighted by Crippen LogP contribution is -2.33. The highest BCUT2D eigenvalue weighted by Crippen LogP contribution is 2.44. The van der Waals surface area contributed by atoms with E-state index in [1.54, 1.807) is 24.5 Å². The van der Waals surface area contributed by atoms with Crippen LogP contribution in [0.2, 0.25) is 0 Å². The third-order valence-electron chi connectivity index (χ3n) is 5.61. The fourth-order valence-electron chi connectivity index (χ4n) is 4.26. The Balaban J connectivity index is 1.64. The zero-order chi connectivity index (χ0) is 22.9. The first-order chi connectivity index (χ1) is 16.0. The molecule has 0 spiro atoms. The molecule has 166 valence electrons. The van der Waals surface area contributed by atoms with Crippen LogP contribution in [0.4, 0.5) is 26.1 Å². The Morgan fingerprint density at radius 1 is 1.03 bits per heavy atom. The summed E-state index contributed by atoms with van der Waals surface area (Å²) >= 11 is 0. The average molecular weight is 444 g/mol. The topological polar surface area (TPSA) is 53.4 Å². The van der Waals surface area contributed by atoms with Gasteiger partial charge in [-0.1, -0.05) is 18.2 Å². The Hall–Kier alpha value is -3.87. The highest BCUT2D eigenvalue weighted by molar-refractivity contribution is 6.12. The highest BCUT2D eigenvalue weighted by Gasteiger charge is 2.33. The molecule has 3 aromatic rings. The Morgan fingerprint density at radius 3 is 2.58 bits per heavy atom. The molecule has 0 bridgehead atoms. The molecule has 0 amide bonds. The van der Waals surface area contributed by atoms with Gasteiger partial charge >= 0.3 is 0 Å². The smallest absolute Gasteiger partial charge is 0.227 e. The number of anilines is 3. The number of fused-ring (bicyclic) bond motifs is 2. The Labute approximate surface area is 191 Å². The first kappa shape index (κ1) is 21.0. The van der Waals surface area contributed by atoms with Gasteiger partial charge < -0.3 is 10.2 Å². The van der Waals surface area contributed by atoms with Crippen LogP contribution in [0.3, 0.4) is 0 Å². The molecule has 1 N–H and O–H groups in total. The van der Waals surface area contributed by atoms with Gasteiger partial charge in [-0.2, -0.15) is 0 Å². The van der Waals surface area contributed by atoms with Crippen LogP contribution in [0.25, 0.3) is 0 Å². The molecule has 0 saturated heterocycles. The maximum Gasteiger partial charge on any atom is 0.227 e. The number of rotatable bonds is 4. The van der Waals surface area contributed by atoms with Gasteiger partial charge in [0.2, 0.25) is 5.95 Å². The fraction of sp³-hybridized carbons (Fsp3) is 0.192. The fourth-order valence-corrected chi connectivity index (χ4v) is 4.26. The van der Waals surface area contributed by atoms with E-state index in [0.29, 0.717) is 11.6 Å². The van der Waals surface area contributed by atoms with Crippen LogP contribution in [-0.2, 0) is 6.42 Å². The van der Waals surface area contributed by atoms with Gasteiger partial charge in [0.25, 0.3) is 0 Å². The minimum absolute atomic E-state index is 0.00494. The van der Waals surface area contributed by atoms with Crippen LogP contribution >= 0.6 is 0 Å². The second-order valence-electron chi connectivity index (χ2n) is 8.33. The van der Waals surface area contributed by atoms with E-state index in [0.717, 1.165) is 34.8 Å². The molecule has 1 aliphatic heterocycles. The Bertz CT molecular complexity index is 1280. The van der Waals surface area contributed by atoms with Crippen LogP contribution in [-0.4, -0.2) is 21.7 Å². The summed E-state index contributed by atoms with van der Waals surface area (Å²) in [7, 11) is 0. The van der Waals surface area contributed by atoms with Gasteiger partial charge in [-0.25, -0.2) is 18.7 Å². The molecule has 2 heterocycles. The zero-order valence-electron chi connectivity index (χ0n) is 18.3. The van der Waals surface area contributed by atoms with Crippen LogP contribution in [0.15, 0.2) is 89.5 Å². The van der Waals surface area contributed by atoms with E-state index in [9.17, 15) is 8.78 Å². The van der Waals surface area contributed by atoms with Gasteiger partial charge in [0, 0.05) is 47.5 Å². The summed E-state index contributed by atoms with van der Waals surface area (Å²) in [5.41, 5.74) is 5.19. The molecule has 5 rings (SSSR count). The summed E-state index contributed by atoms with van der Waals surface area (Å²) in [6, 6.07) is 13.8. The van der Waals surface area contributed by atoms with E-state index in [1.165, 1.54) is 12.1 Å². The molecule has 1 aliphatic carbocycles. The molecule has 2 aliphatic rings. The number of nitrogens with zero attached hydrogens (tertiary/aromatic N) is 4. The number of halogens is 2. The van der Waals surface area contributed by atoms with E-state index < -0.39 is 11.6 Å². The van der Waals surface area contributed by atoms with Crippen molar-refractivity contribution < 1.29 is 8.78 Å². The van der Waals surface area contributed by atoms with Gasteiger partial charge in [0.15, 0.2) is 11.6 Å². The first-order valence-corrected chi connectivity index (χ1v) is 10.9. The molecule has 0 radical (unpaired) electrons. The van der Waals surface area contributed by atoms with Crippen LogP contribution < -0.4 is 10.2 Å². The average Bonchev–Trinajstić information content (AvgIpc) is 2.80. The summed E-state index contributed by atoms with van der Waals surface area (Å²) in [5.74, 6) is -1.25. The summed E-state index contributed by atoms with van der Waals surface area (Å²) < 4.78 is 27.9. The number of hydrogen-bond acceptors (Lipinski definition) is 5. The van der Waals surface area contributed by atoms with Crippen molar-refractivity contribution in [3.8, 4) is 0 Å². The molecule has 33 heavy (non-hydrogen) atoms. The SMILES string of the molecule is CC(C)N=C1C=C2C(C=C1Nc1ncccn1)Cc1ccccc1N2c1ccc(F)c(F)c1. The number of benzene rings is 2. The van der Waals surface area contributed by atoms with Gasteiger partial charge in [-0.05, 0) is 62.2 Å². The van der Waals surface area contributed by atoms with E-state index >= 15 is 0 Å². The number of nitrogens with one attached hydrogen (secondary N) is 1. The lowest BCUT2D eigenvalue weighted by Gasteiger charge is -2.40. The van der Waals surface area contributed by atoms with Crippen molar-refractivity contribution in [2.24, 2.45) is 10.9 Å². The Kier molecular flexibility index (Phi) is 5.46. The molecule has 0 saturated carbocycles. The predicted octanol–water partition coefficient (Wildman–Crippen LogP) is 5.81. The normalized spacial score (nSPS) is 18.5. The number of para-hydroxylation sites is 1. The van der Waals surface area contributed by atoms with Crippen LogP contribution in [0.1, 0.15) is 19.4 Å². The molecule has 5 nitrogen and oxygen atoms in total. The molecule has 7 heteroatoms. The summed E-state index contributed by atoms with van der Waals surface area (Å²) in [6.45, 7) is 4.02. The van der Waals surface area contributed by atoms with Crippen molar-refractivity contribution in [2.75, 3.05) is 10.2 Å². The summed E-state index contributed by atoms with van der Waals surface area (Å²) in [6.07, 6.45) is 8.28. The van der Waals surface area contributed by atoms with E-state index in [-0.39, 0.29) is 12.0 Å². The van der Waals surface area contributed by atoms with E-state index in [4.69, 9.17) is 4.99 Å². The second-order valence-corrected chi connectivity index (χ2v) is 8.33. The van der Waals surface area contributed by atoms with Crippen molar-refractivity contribution in [3.63, 3.8) is 0 Å².